The molecule has 0 radical (unpaired) electrons. The van der Waals surface area contributed by atoms with E-state index in [1.54, 1.807) is 25.2 Å². The summed E-state index contributed by atoms with van der Waals surface area (Å²) in [5, 5.41) is 9.74. The second kappa shape index (κ2) is 5.73. The van der Waals surface area contributed by atoms with E-state index in [-0.39, 0.29) is 22.2 Å². The molecular formula is C14H12BrClN2O2. The molecule has 0 aliphatic rings. The normalized spacial score (nSPS) is 10.3. The van der Waals surface area contributed by atoms with E-state index in [1.165, 1.54) is 23.1 Å². The number of anilines is 2. The summed E-state index contributed by atoms with van der Waals surface area (Å²) in [4.78, 5) is 13.8. The van der Waals surface area contributed by atoms with Gasteiger partial charge in [-0.05, 0) is 36.4 Å². The van der Waals surface area contributed by atoms with Gasteiger partial charge < -0.3 is 15.7 Å². The third-order valence-electron chi connectivity index (χ3n) is 2.84. The number of nitrogens with two attached hydrogens (primary N) is 1. The average molecular weight is 356 g/mol. The van der Waals surface area contributed by atoms with E-state index in [9.17, 15) is 9.90 Å². The Morgan fingerprint density at radius 2 is 2.00 bits per heavy atom. The van der Waals surface area contributed by atoms with Crippen molar-refractivity contribution >= 4 is 44.8 Å². The monoisotopic (exact) mass is 354 g/mol. The first-order valence-corrected chi connectivity index (χ1v) is 6.89. The van der Waals surface area contributed by atoms with Crippen LogP contribution in [0.2, 0.25) is 5.02 Å². The summed E-state index contributed by atoms with van der Waals surface area (Å²) in [5.41, 5.74) is 7.15. The molecule has 0 unspecified atom stereocenters. The number of phenols is 1. The highest BCUT2D eigenvalue weighted by Gasteiger charge is 2.18. The Bertz CT molecular complexity index is 676. The molecule has 0 saturated carbocycles. The van der Waals surface area contributed by atoms with E-state index in [1.807, 2.05) is 0 Å². The largest absolute Gasteiger partial charge is 0.508 e. The van der Waals surface area contributed by atoms with Crippen molar-refractivity contribution in [1.82, 2.24) is 0 Å². The molecule has 0 bridgehead atoms. The number of rotatable bonds is 2. The van der Waals surface area contributed by atoms with Crippen molar-refractivity contribution in [2.45, 2.75) is 0 Å². The molecule has 2 aromatic carbocycles. The Kier molecular flexibility index (Phi) is 4.20. The van der Waals surface area contributed by atoms with Crippen molar-refractivity contribution in [2.75, 3.05) is 17.7 Å². The first kappa shape index (κ1) is 14.7. The molecule has 6 heteroatoms. The molecule has 2 rings (SSSR count). The van der Waals surface area contributed by atoms with E-state index in [0.29, 0.717) is 11.4 Å². The molecule has 104 valence electrons. The molecule has 1 amide bonds. The number of benzene rings is 2. The van der Waals surface area contributed by atoms with Crippen LogP contribution in [0, 0.1) is 0 Å². The minimum absolute atomic E-state index is 0.0186. The molecule has 0 fully saturated rings. The van der Waals surface area contributed by atoms with Gasteiger partial charge in [-0.2, -0.15) is 0 Å². The molecule has 2 aromatic rings. The minimum atomic E-state index is -0.347. The number of carbonyl (C=O) groups excluding carboxylic acids is 1. The van der Waals surface area contributed by atoms with Gasteiger partial charge in [-0.15, -0.1) is 0 Å². The number of nitrogens with zero attached hydrogens (tertiary/aromatic N) is 1. The zero-order valence-electron chi connectivity index (χ0n) is 10.6. The summed E-state index contributed by atoms with van der Waals surface area (Å²) in [7, 11) is 1.60. The summed E-state index contributed by atoms with van der Waals surface area (Å²) >= 11 is 9.30. The van der Waals surface area contributed by atoms with Gasteiger partial charge in [0.05, 0.1) is 22.0 Å². The summed E-state index contributed by atoms with van der Waals surface area (Å²) in [6.07, 6.45) is 0. The standard InChI is InChI=1S/C14H12BrClN2O2/c1-18(13-5-2-8(15)6-12(13)17)14(20)10-7-9(19)3-4-11(10)16/h2-7,19H,17H2,1H3. The van der Waals surface area contributed by atoms with Gasteiger partial charge in [0, 0.05) is 11.5 Å². The van der Waals surface area contributed by atoms with Crippen LogP contribution in [-0.4, -0.2) is 18.1 Å². The number of phenolic OH excluding ortho intramolecular Hbond substituents is 1. The smallest absolute Gasteiger partial charge is 0.259 e. The number of hydrogen-bond donors (Lipinski definition) is 2. The second-order valence-corrected chi connectivity index (χ2v) is 5.55. The number of halogens is 2. The van der Waals surface area contributed by atoms with Crippen molar-refractivity contribution in [3.63, 3.8) is 0 Å². The second-order valence-electron chi connectivity index (χ2n) is 4.23. The summed E-state index contributed by atoms with van der Waals surface area (Å²) in [6, 6.07) is 9.46. The van der Waals surface area contributed by atoms with Gasteiger partial charge in [-0.3, -0.25) is 4.79 Å². The fourth-order valence-corrected chi connectivity index (χ4v) is 2.38. The van der Waals surface area contributed by atoms with Crippen molar-refractivity contribution in [2.24, 2.45) is 0 Å². The Balaban J connectivity index is 2.40. The lowest BCUT2D eigenvalue weighted by molar-refractivity contribution is 0.0993. The van der Waals surface area contributed by atoms with Crippen LogP contribution in [0.3, 0.4) is 0 Å². The van der Waals surface area contributed by atoms with Crippen LogP contribution in [0.4, 0.5) is 11.4 Å². The highest BCUT2D eigenvalue weighted by Crippen LogP contribution is 2.29. The number of aromatic hydroxyl groups is 1. The molecule has 0 spiro atoms. The lowest BCUT2D eigenvalue weighted by atomic mass is 10.1. The maximum Gasteiger partial charge on any atom is 0.259 e. The highest BCUT2D eigenvalue weighted by atomic mass is 79.9. The van der Waals surface area contributed by atoms with Gasteiger partial charge in [-0.1, -0.05) is 27.5 Å². The number of amides is 1. The maximum atomic E-state index is 12.4. The molecule has 0 heterocycles. The van der Waals surface area contributed by atoms with E-state index >= 15 is 0 Å². The van der Waals surface area contributed by atoms with E-state index in [4.69, 9.17) is 17.3 Å². The zero-order chi connectivity index (χ0) is 14.9. The van der Waals surface area contributed by atoms with E-state index in [2.05, 4.69) is 15.9 Å². The first-order valence-electron chi connectivity index (χ1n) is 5.71. The molecule has 0 aliphatic heterocycles. The Labute approximate surface area is 129 Å². The van der Waals surface area contributed by atoms with E-state index in [0.717, 1.165) is 4.47 Å². The number of hydrogen-bond acceptors (Lipinski definition) is 3. The lowest BCUT2D eigenvalue weighted by Crippen LogP contribution is -2.27. The van der Waals surface area contributed by atoms with E-state index < -0.39 is 0 Å². The van der Waals surface area contributed by atoms with Gasteiger partial charge in [-0.25, -0.2) is 0 Å². The Morgan fingerprint density at radius 1 is 1.30 bits per heavy atom. The molecule has 3 N–H and O–H groups in total. The van der Waals surface area contributed by atoms with Crippen LogP contribution in [0.1, 0.15) is 10.4 Å². The summed E-state index contributed by atoms with van der Waals surface area (Å²) < 4.78 is 0.829. The Hall–Kier alpha value is -1.72. The van der Waals surface area contributed by atoms with Crippen LogP contribution in [0.25, 0.3) is 0 Å². The van der Waals surface area contributed by atoms with Gasteiger partial charge >= 0.3 is 0 Å². The molecule has 0 aromatic heterocycles. The van der Waals surface area contributed by atoms with Crippen LogP contribution >= 0.6 is 27.5 Å². The average Bonchev–Trinajstić information content (AvgIpc) is 2.40. The third kappa shape index (κ3) is 2.89. The predicted molar refractivity (Wildman–Crippen MR) is 84.4 cm³/mol. The topological polar surface area (TPSA) is 66.6 Å². The van der Waals surface area contributed by atoms with Crippen LogP contribution in [-0.2, 0) is 0 Å². The molecule has 20 heavy (non-hydrogen) atoms. The first-order chi connectivity index (χ1) is 9.40. The van der Waals surface area contributed by atoms with Crippen LogP contribution in [0.15, 0.2) is 40.9 Å². The van der Waals surface area contributed by atoms with Crippen molar-refractivity contribution in [3.05, 3.63) is 51.5 Å². The van der Waals surface area contributed by atoms with Gasteiger partial charge in [0.1, 0.15) is 5.75 Å². The number of carbonyl (C=O) groups is 1. The minimum Gasteiger partial charge on any atom is -0.508 e. The van der Waals surface area contributed by atoms with Crippen LogP contribution < -0.4 is 10.6 Å². The third-order valence-corrected chi connectivity index (χ3v) is 3.66. The fourth-order valence-electron chi connectivity index (χ4n) is 1.80. The van der Waals surface area contributed by atoms with Gasteiger partial charge in [0.2, 0.25) is 0 Å². The molecule has 0 aliphatic carbocycles. The number of nitrogen functional groups attached to an aromatic ring is 1. The Morgan fingerprint density at radius 3 is 2.65 bits per heavy atom. The fraction of sp³-hybridized carbons (Fsp3) is 0.0714. The lowest BCUT2D eigenvalue weighted by Gasteiger charge is -2.20. The molecule has 4 nitrogen and oxygen atoms in total. The molecule has 0 atom stereocenters. The summed E-state index contributed by atoms with van der Waals surface area (Å²) in [5.74, 6) is -0.366. The van der Waals surface area contributed by atoms with Gasteiger partial charge in [0.15, 0.2) is 0 Å². The van der Waals surface area contributed by atoms with Crippen molar-refractivity contribution in [3.8, 4) is 5.75 Å². The summed E-state index contributed by atoms with van der Waals surface area (Å²) in [6.45, 7) is 0. The van der Waals surface area contributed by atoms with Crippen molar-refractivity contribution < 1.29 is 9.90 Å². The zero-order valence-corrected chi connectivity index (χ0v) is 12.9. The predicted octanol–water partition coefficient (Wildman–Crippen LogP) is 3.67. The highest BCUT2D eigenvalue weighted by molar-refractivity contribution is 9.10. The quantitative estimate of drug-likeness (QED) is 0.808. The van der Waals surface area contributed by atoms with Gasteiger partial charge in [0.25, 0.3) is 5.91 Å². The SMILES string of the molecule is CN(C(=O)c1cc(O)ccc1Cl)c1ccc(Br)cc1N. The van der Waals surface area contributed by atoms with Crippen LogP contribution in [0.5, 0.6) is 5.75 Å². The molecule has 0 saturated heterocycles. The molecular weight excluding hydrogens is 344 g/mol. The maximum absolute atomic E-state index is 12.4. The van der Waals surface area contributed by atoms with Crippen molar-refractivity contribution in [1.29, 1.82) is 0 Å².